The standard InChI is InChI=1S/C10H12FN3O2/c11-9-6-8(14(15)16)7-12-10(9)13-4-2-1-3-5-13/h6-7H,1-5H2. The number of nitro groups is 1. The molecule has 1 fully saturated rings. The molecular formula is C10H12FN3O2. The third-order valence-corrected chi connectivity index (χ3v) is 2.67. The summed E-state index contributed by atoms with van der Waals surface area (Å²) < 4.78 is 13.6. The molecule has 0 saturated carbocycles. The van der Waals surface area contributed by atoms with Gasteiger partial charge < -0.3 is 4.90 Å². The van der Waals surface area contributed by atoms with E-state index < -0.39 is 10.7 Å². The van der Waals surface area contributed by atoms with Gasteiger partial charge in [0.2, 0.25) is 0 Å². The van der Waals surface area contributed by atoms with Crippen molar-refractivity contribution in [2.24, 2.45) is 0 Å². The highest BCUT2D eigenvalue weighted by Gasteiger charge is 2.18. The van der Waals surface area contributed by atoms with Crippen LogP contribution >= 0.6 is 0 Å². The minimum absolute atomic E-state index is 0.227. The first-order valence-corrected chi connectivity index (χ1v) is 5.23. The van der Waals surface area contributed by atoms with Crippen LogP contribution < -0.4 is 4.90 Å². The lowest BCUT2D eigenvalue weighted by Crippen LogP contribution is -2.30. The third kappa shape index (κ3) is 2.10. The van der Waals surface area contributed by atoms with Gasteiger partial charge in [-0.2, -0.15) is 0 Å². The van der Waals surface area contributed by atoms with Crippen LogP contribution in [0.3, 0.4) is 0 Å². The maximum atomic E-state index is 13.6. The summed E-state index contributed by atoms with van der Waals surface area (Å²) in [6, 6.07) is 0.928. The van der Waals surface area contributed by atoms with Crippen LogP contribution in [0, 0.1) is 15.9 Å². The Morgan fingerprint density at radius 3 is 2.62 bits per heavy atom. The van der Waals surface area contributed by atoms with E-state index in [4.69, 9.17) is 0 Å². The molecule has 1 aliphatic rings. The summed E-state index contributed by atoms with van der Waals surface area (Å²) in [4.78, 5) is 15.5. The van der Waals surface area contributed by atoms with E-state index in [1.807, 2.05) is 4.90 Å². The quantitative estimate of drug-likeness (QED) is 0.571. The highest BCUT2D eigenvalue weighted by atomic mass is 19.1. The largest absolute Gasteiger partial charge is 0.354 e. The molecule has 6 heteroatoms. The molecule has 0 unspecified atom stereocenters. The molecule has 0 atom stereocenters. The van der Waals surface area contributed by atoms with Crippen molar-refractivity contribution in [1.29, 1.82) is 0 Å². The summed E-state index contributed by atoms with van der Waals surface area (Å²) in [6.07, 6.45) is 4.27. The molecule has 86 valence electrons. The van der Waals surface area contributed by atoms with Crippen molar-refractivity contribution in [1.82, 2.24) is 4.98 Å². The van der Waals surface area contributed by atoms with Crippen LogP contribution in [0.15, 0.2) is 12.3 Å². The number of anilines is 1. The number of pyridine rings is 1. The van der Waals surface area contributed by atoms with Gasteiger partial charge in [0.25, 0.3) is 5.69 Å². The van der Waals surface area contributed by atoms with Crippen LogP contribution in [0.4, 0.5) is 15.9 Å². The monoisotopic (exact) mass is 225 g/mol. The molecule has 5 nitrogen and oxygen atoms in total. The van der Waals surface area contributed by atoms with Crippen molar-refractivity contribution in [2.75, 3.05) is 18.0 Å². The Labute approximate surface area is 92.0 Å². The Morgan fingerprint density at radius 1 is 1.38 bits per heavy atom. The first kappa shape index (κ1) is 10.8. The Hall–Kier alpha value is -1.72. The van der Waals surface area contributed by atoms with Gasteiger partial charge in [-0.1, -0.05) is 0 Å². The molecule has 2 heterocycles. The molecule has 1 saturated heterocycles. The van der Waals surface area contributed by atoms with Gasteiger partial charge in [-0.3, -0.25) is 10.1 Å². The number of piperidine rings is 1. The molecule has 1 aromatic heterocycles. The maximum absolute atomic E-state index is 13.6. The first-order valence-electron chi connectivity index (χ1n) is 5.23. The number of hydrogen-bond acceptors (Lipinski definition) is 4. The highest BCUT2D eigenvalue weighted by molar-refractivity contribution is 5.44. The average molecular weight is 225 g/mol. The van der Waals surface area contributed by atoms with Crippen LogP contribution in [0.2, 0.25) is 0 Å². The Kier molecular flexibility index (Phi) is 2.98. The third-order valence-electron chi connectivity index (χ3n) is 2.67. The maximum Gasteiger partial charge on any atom is 0.290 e. The summed E-state index contributed by atoms with van der Waals surface area (Å²) >= 11 is 0. The molecule has 2 rings (SSSR count). The van der Waals surface area contributed by atoms with Crippen LogP contribution in [0.25, 0.3) is 0 Å². The predicted molar refractivity (Wildman–Crippen MR) is 56.9 cm³/mol. The molecule has 0 spiro atoms. The van der Waals surface area contributed by atoms with E-state index in [0.29, 0.717) is 0 Å². The lowest BCUT2D eigenvalue weighted by atomic mass is 10.1. The molecular weight excluding hydrogens is 213 g/mol. The zero-order chi connectivity index (χ0) is 11.5. The Bertz CT molecular complexity index is 405. The second kappa shape index (κ2) is 4.42. The predicted octanol–water partition coefficient (Wildman–Crippen LogP) is 2.12. The van der Waals surface area contributed by atoms with Gasteiger partial charge in [-0.25, -0.2) is 9.37 Å². The number of hydrogen-bond donors (Lipinski definition) is 0. The average Bonchev–Trinajstić information content (AvgIpc) is 2.30. The van der Waals surface area contributed by atoms with Crippen LogP contribution in [-0.2, 0) is 0 Å². The molecule has 1 aliphatic heterocycles. The van der Waals surface area contributed by atoms with E-state index in [1.54, 1.807) is 0 Å². The van der Waals surface area contributed by atoms with Gasteiger partial charge in [-0.05, 0) is 19.3 Å². The van der Waals surface area contributed by atoms with E-state index >= 15 is 0 Å². The Balaban J connectivity index is 2.24. The number of aromatic nitrogens is 1. The van der Waals surface area contributed by atoms with Crippen LogP contribution in [-0.4, -0.2) is 23.0 Å². The number of rotatable bonds is 2. The van der Waals surface area contributed by atoms with Crippen LogP contribution in [0.1, 0.15) is 19.3 Å². The topological polar surface area (TPSA) is 59.3 Å². The lowest BCUT2D eigenvalue weighted by molar-refractivity contribution is -0.385. The van der Waals surface area contributed by atoms with Gasteiger partial charge in [-0.15, -0.1) is 0 Å². The number of halogens is 1. The summed E-state index contributed by atoms with van der Waals surface area (Å²) in [7, 11) is 0. The smallest absolute Gasteiger partial charge is 0.290 e. The fourth-order valence-corrected chi connectivity index (χ4v) is 1.86. The normalized spacial score (nSPS) is 16.2. The molecule has 16 heavy (non-hydrogen) atoms. The summed E-state index contributed by atoms with van der Waals surface area (Å²) in [5.41, 5.74) is -0.307. The molecule has 0 aliphatic carbocycles. The van der Waals surface area contributed by atoms with E-state index in [-0.39, 0.29) is 11.5 Å². The molecule has 1 aromatic rings. The van der Waals surface area contributed by atoms with Crippen molar-refractivity contribution < 1.29 is 9.31 Å². The van der Waals surface area contributed by atoms with Gasteiger partial charge in [0, 0.05) is 13.1 Å². The number of nitrogens with zero attached hydrogens (tertiary/aromatic N) is 3. The van der Waals surface area contributed by atoms with Gasteiger partial charge in [0.05, 0.1) is 11.0 Å². The Morgan fingerprint density at radius 2 is 2.06 bits per heavy atom. The fraction of sp³-hybridized carbons (Fsp3) is 0.500. The molecule has 0 bridgehead atoms. The molecule has 0 aromatic carbocycles. The van der Waals surface area contributed by atoms with E-state index in [2.05, 4.69) is 4.98 Å². The van der Waals surface area contributed by atoms with E-state index in [1.165, 1.54) is 0 Å². The van der Waals surface area contributed by atoms with Crippen LogP contribution in [0.5, 0.6) is 0 Å². The molecule has 0 N–H and O–H groups in total. The zero-order valence-electron chi connectivity index (χ0n) is 8.73. The van der Waals surface area contributed by atoms with Crippen molar-refractivity contribution >= 4 is 11.5 Å². The second-order valence-corrected chi connectivity index (χ2v) is 3.80. The van der Waals surface area contributed by atoms with Crippen molar-refractivity contribution in [3.05, 3.63) is 28.2 Å². The SMILES string of the molecule is O=[N+]([O-])c1cnc(N2CCCCC2)c(F)c1. The van der Waals surface area contributed by atoms with Crippen molar-refractivity contribution in [3.8, 4) is 0 Å². The zero-order valence-corrected chi connectivity index (χ0v) is 8.73. The van der Waals surface area contributed by atoms with Crippen molar-refractivity contribution in [2.45, 2.75) is 19.3 Å². The second-order valence-electron chi connectivity index (χ2n) is 3.80. The van der Waals surface area contributed by atoms with E-state index in [0.717, 1.165) is 44.6 Å². The minimum Gasteiger partial charge on any atom is -0.354 e. The summed E-state index contributed by atoms with van der Waals surface area (Å²) in [6.45, 7) is 1.53. The molecule has 0 amide bonds. The highest BCUT2D eigenvalue weighted by Crippen LogP contribution is 2.23. The molecule has 0 radical (unpaired) electrons. The van der Waals surface area contributed by atoms with Gasteiger partial charge >= 0.3 is 0 Å². The van der Waals surface area contributed by atoms with Crippen molar-refractivity contribution in [3.63, 3.8) is 0 Å². The first-order chi connectivity index (χ1) is 7.68. The lowest BCUT2D eigenvalue weighted by Gasteiger charge is -2.27. The summed E-state index contributed by atoms with van der Waals surface area (Å²) in [5.74, 6) is -0.388. The van der Waals surface area contributed by atoms with E-state index in [9.17, 15) is 14.5 Å². The van der Waals surface area contributed by atoms with Gasteiger partial charge in [0.15, 0.2) is 11.6 Å². The fourth-order valence-electron chi connectivity index (χ4n) is 1.86. The van der Waals surface area contributed by atoms with Gasteiger partial charge in [0.1, 0.15) is 6.20 Å². The minimum atomic E-state index is -0.643. The summed E-state index contributed by atoms with van der Waals surface area (Å²) in [5, 5.41) is 10.4.